The predicted molar refractivity (Wildman–Crippen MR) is 91.5 cm³/mol. The highest BCUT2D eigenvalue weighted by atomic mass is 14.7. The van der Waals surface area contributed by atoms with Gasteiger partial charge in [-0.1, -0.05) is 44.4 Å². The molecule has 0 saturated heterocycles. The summed E-state index contributed by atoms with van der Waals surface area (Å²) < 4.78 is 0. The summed E-state index contributed by atoms with van der Waals surface area (Å²) in [5, 5.41) is 2.31. The van der Waals surface area contributed by atoms with Crippen LogP contribution in [0.25, 0.3) is 21.8 Å². The van der Waals surface area contributed by atoms with Crippen molar-refractivity contribution in [3.8, 4) is 0 Å². The average molecular weight is 278 g/mol. The number of anilines is 1. The van der Waals surface area contributed by atoms with Crippen LogP contribution in [0.1, 0.15) is 38.2 Å². The van der Waals surface area contributed by atoms with Gasteiger partial charge in [-0.05, 0) is 42.7 Å². The van der Waals surface area contributed by atoms with Crippen LogP contribution in [0.4, 0.5) is 5.69 Å². The first-order valence-electron chi connectivity index (χ1n) is 7.86. The molecule has 0 atom stereocenters. The minimum Gasteiger partial charge on any atom is -0.398 e. The molecule has 3 rings (SSSR count). The Kier molecular flexibility index (Phi) is 4.05. The number of fused-ring (bicyclic) bond motifs is 2. The van der Waals surface area contributed by atoms with E-state index in [-0.39, 0.29) is 0 Å². The van der Waals surface area contributed by atoms with E-state index in [1.54, 1.807) is 0 Å². The topological polar surface area (TPSA) is 38.9 Å². The molecule has 0 amide bonds. The molecular formula is C19H22N2. The van der Waals surface area contributed by atoms with Gasteiger partial charge in [0.25, 0.3) is 0 Å². The van der Waals surface area contributed by atoms with E-state index in [0.717, 1.165) is 28.5 Å². The third kappa shape index (κ3) is 2.85. The first-order chi connectivity index (χ1) is 10.3. The zero-order valence-electron chi connectivity index (χ0n) is 12.6. The van der Waals surface area contributed by atoms with Crippen LogP contribution in [-0.4, -0.2) is 4.98 Å². The first-order valence-corrected chi connectivity index (χ1v) is 7.86. The number of aryl methyl sites for hydroxylation is 1. The fourth-order valence-corrected chi connectivity index (χ4v) is 2.92. The minimum absolute atomic E-state index is 0.808. The Morgan fingerprint density at radius 2 is 1.67 bits per heavy atom. The summed E-state index contributed by atoms with van der Waals surface area (Å²) in [5.41, 5.74) is 10.3. The highest BCUT2D eigenvalue weighted by molar-refractivity contribution is 5.99. The number of aromatic nitrogens is 1. The Morgan fingerprint density at radius 3 is 2.48 bits per heavy atom. The van der Waals surface area contributed by atoms with Gasteiger partial charge in [0.15, 0.2) is 0 Å². The number of unbranched alkanes of at least 4 members (excludes halogenated alkanes) is 3. The van der Waals surface area contributed by atoms with Gasteiger partial charge in [0.2, 0.25) is 0 Å². The molecule has 0 aliphatic carbocycles. The van der Waals surface area contributed by atoms with Gasteiger partial charge in [0.05, 0.1) is 11.0 Å². The Labute approximate surface area is 126 Å². The number of pyridine rings is 1. The van der Waals surface area contributed by atoms with E-state index in [1.807, 2.05) is 18.2 Å². The second-order valence-corrected chi connectivity index (χ2v) is 5.70. The Morgan fingerprint density at radius 1 is 0.905 bits per heavy atom. The molecule has 21 heavy (non-hydrogen) atoms. The summed E-state index contributed by atoms with van der Waals surface area (Å²) in [4.78, 5) is 4.76. The third-order valence-electron chi connectivity index (χ3n) is 4.12. The smallest absolute Gasteiger partial charge is 0.0730 e. The van der Waals surface area contributed by atoms with E-state index >= 15 is 0 Å². The fourth-order valence-electron chi connectivity index (χ4n) is 2.92. The zero-order valence-corrected chi connectivity index (χ0v) is 12.6. The number of hydrogen-bond acceptors (Lipinski definition) is 2. The molecule has 1 heterocycles. The van der Waals surface area contributed by atoms with Gasteiger partial charge < -0.3 is 5.73 Å². The maximum absolute atomic E-state index is 6.10. The number of nitrogen functional groups attached to an aromatic ring is 1. The highest BCUT2D eigenvalue weighted by Gasteiger charge is 2.06. The van der Waals surface area contributed by atoms with Crippen molar-refractivity contribution in [3.63, 3.8) is 0 Å². The molecule has 2 nitrogen and oxygen atoms in total. The molecular weight excluding hydrogens is 256 g/mol. The van der Waals surface area contributed by atoms with Gasteiger partial charge in [-0.15, -0.1) is 0 Å². The van der Waals surface area contributed by atoms with Crippen LogP contribution in [-0.2, 0) is 6.42 Å². The summed E-state index contributed by atoms with van der Waals surface area (Å²) >= 11 is 0. The predicted octanol–water partition coefficient (Wildman–Crippen LogP) is 5.09. The van der Waals surface area contributed by atoms with Crippen LogP contribution in [0.15, 0.2) is 42.5 Å². The quantitative estimate of drug-likeness (QED) is 0.401. The van der Waals surface area contributed by atoms with Gasteiger partial charge in [-0.2, -0.15) is 0 Å². The Hall–Kier alpha value is -2.09. The first kappa shape index (κ1) is 13.9. The number of nitrogens with two attached hydrogens (primary N) is 1. The second-order valence-electron chi connectivity index (χ2n) is 5.70. The number of rotatable bonds is 5. The standard InChI is InChI=1S/C19H22N2/c1-2-3-4-5-8-14-9-6-11-18-15(14)13-16-17(20)10-7-12-19(16)21-18/h6-7,9-13H,2-5,8,20H2,1H3. The summed E-state index contributed by atoms with van der Waals surface area (Å²) in [6.45, 7) is 2.25. The number of hydrogen-bond donors (Lipinski definition) is 1. The Bertz CT molecular complexity index is 762. The van der Waals surface area contributed by atoms with Crippen molar-refractivity contribution >= 4 is 27.5 Å². The van der Waals surface area contributed by atoms with Gasteiger partial charge >= 0.3 is 0 Å². The van der Waals surface area contributed by atoms with E-state index in [4.69, 9.17) is 10.7 Å². The van der Waals surface area contributed by atoms with Gasteiger partial charge in [-0.3, -0.25) is 0 Å². The molecule has 0 aliphatic rings. The largest absolute Gasteiger partial charge is 0.398 e. The lowest BCUT2D eigenvalue weighted by molar-refractivity contribution is 0.668. The number of benzene rings is 2. The van der Waals surface area contributed by atoms with E-state index < -0.39 is 0 Å². The van der Waals surface area contributed by atoms with E-state index in [2.05, 4.69) is 31.2 Å². The molecule has 2 N–H and O–H groups in total. The van der Waals surface area contributed by atoms with Crippen LogP contribution in [0.5, 0.6) is 0 Å². The lowest BCUT2D eigenvalue weighted by Crippen LogP contribution is -1.93. The van der Waals surface area contributed by atoms with Crippen LogP contribution in [0.2, 0.25) is 0 Å². The van der Waals surface area contributed by atoms with E-state index in [1.165, 1.54) is 36.6 Å². The molecule has 1 aromatic heterocycles. The van der Waals surface area contributed by atoms with Crippen molar-refractivity contribution in [1.82, 2.24) is 4.98 Å². The maximum Gasteiger partial charge on any atom is 0.0730 e. The molecule has 3 aromatic rings. The van der Waals surface area contributed by atoms with Gasteiger partial charge in [-0.25, -0.2) is 4.98 Å². The monoisotopic (exact) mass is 278 g/mol. The van der Waals surface area contributed by atoms with Crippen LogP contribution < -0.4 is 5.73 Å². The molecule has 0 unspecified atom stereocenters. The third-order valence-corrected chi connectivity index (χ3v) is 4.12. The summed E-state index contributed by atoms with van der Waals surface area (Å²) in [5.74, 6) is 0. The zero-order chi connectivity index (χ0) is 14.7. The highest BCUT2D eigenvalue weighted by Crippen LogP contribution is 2.27. The molecule has 0 radical (unpaired) electrons. The molecule has 108 valence electrons. The minimum atomic E-state index is 0.808. The molecule has 0 spiro atoms. The van der Waals surface area contributed by atoms with Crippen LogP contribution in [0, 0.1) is 0 Å². The molecule has 0 bridgehead atoms. The van der Waals surface area contributed by atoms with Crippen molar-refractivity contribution in [2.24, 2.45) is 0 Å². The van der Waals surface area contributed by atoms with Crippen LogP contribution in [0.3, 0.4) is 0 Å². The van der Waals surface area contributed by atoms with Crippen molar-refractivity contribution in [1.29, 1.82) is 0 Å². The van der Waals surface area contributed by atoms with Gasteiger partial charge in [0, 0.05) is 16.5 Å². The maximum atomic E-state index is 6.10. The normalized spacial score (nSPS) is 11.3. The fraction of sp³-hybridized carbons (Fsp3) is 0.316. The molecule has 2 heteroatoms. The van der Waals surface area contributed by atoms with Crippen molar-refractivity contribution in [2.45, 2.75) is 39.0 Å². The summed E-state index contributed by atoms with van der Waals surface area (Å²) in [7, 11) is 0. The lowest BCUT2D eigenvalue weighted by Gasteiger charge is -2.09. The van der Waals surface area contributed by atoms with Crippen LogP contribution >= 0.6 is 0 Å². The second kappa shape index (κ2) is 6.13. The molecule has 0 aliphatic heterocycles. The van der Waals surface area contributed by atoms with Crippen molar-refractivity contribution in [2.75, 3.05) is 5.73 Å². The lowest BCUT2D eigenvalue weighted by atomic mass is 10.00. The van der Waals surface area contributed by atoms with E-state index in [9.17, 15) is 0 Å². The van der Waals surface area contributed by atoms with Gasteiger partial charge in [0.1, 0.15) is 0 Å². The van der Waals surface area contributed by atoms with E-state index in [0.29, 0.717) is 0 Å². The molecule has 2 aromatic carbocycles. The SMILES string of the molecule is CCCCCCc1cccc2nc3cccc(N)c3cc12. The summed E-state index contributed by atoms with van der Waals surface area (Å²) in [6, 6.07) is 14.6. The molecule has 0 saturated carbocycles. The average Bonchev–Trinajstić information content (AvgIpc) is 2.50. The summed E-state index contributed by atoms with van der Waals surface area (Å²) in [6.07, 6.45) is 6.26. The molecule has 0 fully saturated rings. The van der Waals surface area contributed by atoms with Crippen molar-refractivity contribution < 1.29 is 0 Å². The Balaban J connectivity index is 2.02. The number of nitrogens with zero attached hydrogens (tertiary/aromatic N) is 1. The van der Waals surface area contributed by atoms with Crippen molar-refractivity contribution in [3.05, 3.63) is 48.0 Å².